The topological polar surface area (TPSA) is 72.8 Å². The van der Waals surface area contributed by atoms with Gasteiger partial charge in [0.25, 0.3) is 0 Å². The first kappa shape index (κ1) is 13.0. The third-order valence-corrected chi connectivity index (χ3v) is 4.00. The molecular formula is C15H16O5. The van der Waals surface area contributed by atoms with Crippen LogP contribution < -0.4 is 9.47 Å². The van der Waals surface area contributed by atoms with E-state index in [0.717, 1.165) is 6.42 Å². The smallest absolute Gasteiger partial charge is 0.307 e. The summed E-state index contributed by atoms with van der Waals surface area (Å²) in [6.45, 7) is 0.968. The molecule has 1 heterocycles. The summed E-state index contributed by atoms with van der Waals surface area (Å²) in [5.74, 6) is -0.767. The van der Waals surface area contributed by atoms with Gasteiger partial charge >= 0.3 is 5.97 Å². The van der Waals surface area contributed by atoms with Crippen LogP contribution in [0.1, 0.15) is 29.6 Å². The Kier molecular flexibility index (Phi) is 3.34. The largest absolute Gasteiger partial charge is 0.486 e. The van der Waals surface area contributed by atoms with E-state index in [1.807, 2.05) is 0 Å². The highest BCUT2D eigenvalue weighted by molar-refractivity contribution is 6.00. The number of ketones is 1. The van der Waals surface area contributed by atoms with Crippen molar-refractivity contribution in [3.05, 3.63) is 23.8 Å². The summed E-state index contributed by atoms with van der Waals surface area (Å²) in [6.07, 6.45) is 2.01. The van der Waals surface area contributed by atoms with Crippen molar-refractivity contribution in [3.63, 3.8) is 0 Å². The summed E-state index contributed by atoms with van der Waals surface area (Å²) in [6, 6.07) is 5.06. The highest BCUT2D eigenvalue weighted by atomic mass is 16.6. The number of carboxylic acid groups (broad SMARTS) is 1. The maximum atomic E-state index is 12.5. The zero-order valence-corrected chi connectivity index (χ0v) is 11.0. The van der Waals surface area contributed by atoms with Crippen molar-refractivity contribution < 1.29 is 24.2 Å². The second kappa shape index (κ2) is 5.15. The molecule has 1 aliphatic carbocycles. The van der Waals surface area contributed by atoms with Gasteiger partial charge in [-0.3, -0.25) is 9.59 Å². The molecule has 0 saturated heterocycles. The second-order valence-electron chi connectivity index (χ2n) is 5.20. The van der Waals surface area contributed by atoms with E-state index in [1.165, 1.54) is 0 Å². The van der Waals surface area contributed by atoms with Crippen LogP contribution in [-0.2, 0) is 4.79 Å². The van der Waals surface area contributed by atoms with Gasteiger partial charge in [0, 0.05) is 11.5 Å². The first-order valence-electron chi connectivity index (χ1n) is 6.83. The number of carboxylic acids is 1. The van der Waals surface area contributed by atoms with Crippen LogP contribution in [0.2, 0.25) is 0 Å². The number of rotatable bonds is 3. The van der Waals surface area contributed by atoms with Crippen molar-refractivity contribution in [3.8, 4) is 11.5 Å². The molecule has 0 radical (unpaired) electrons. The van der Waals surface area contributed by atoms with Gasteiger partial charge in [0.2, 0.25) is 0 Å². The molecule has 3 rings (SSSR count). The van der Waals surface area contributed by atoms with Crippen molar-refractivity contribution in [1.29, 1.82) is 0 Å². The minimum absolute atomic E-state index is 0.105. The molecule has 1 saturated carbocycles. The lowest BCUT2D eigenvalue weighted by Crippen LogP contribution is -2.25. The molecule has 20 heavy (non-hydrogen) atoms. The van der Waals surface area contributed by atoms with E-state index in [4.69, 9.17) is 9.47 Å². The Morgan fingerprint density at radius 2 is 1.75 bits per heavy atom. The van der Waals surface area contributed by atoms with Gasteiger partial charge in [0.05, 0.1) is 5.92 Å². The number of hydrogen-bond donors (Lipinski definition) is 1. The van der Waals surface area contributed by atoms with Crippen LogP contribution in [-0.4, -0.2) is 30.1 Å². The minimum Gasteiger partial charge on any atom is -0.486 e. The number of Topliss-reactive ketones (excluding diaryl/α,β-unsaturated/α-hetero) is 1. The summed E-state index contributed by atoms with van der Waals surface area (Å²) >= 11 is 0. The fraction of sp³-hybridized carbons (Fsp3) is 0.467. The van der Waals surface area contributed by atoms with Gasteiger partial charge in [0.1, 0.15) is 13.2 Å². The molecule has 1 aliphatic heterocycles. The molecule has 106 valence electrons. The number of aliphatic carboxylic acids is 1. The Labute approximate surface area is 116 Å². The Hall–Kier alpha value is -2.04. The van der Waals surface area contributed by atoms with E-state index in [-0.39, 0.29) is 5.78 Å². The molecule has 5 nitrogen and oxygen atoms in total. The van der Waals surface area contributed by atoms with Crippen LogP contribution in [0.5, 0.6) is 11.5 Å². The monoisotopic (exact) mass is 276 g/mol. The van der Waals surface area contributed by atoms with Crippen LogP contribution in [0.25, 0.3) is 0 Å². The van der Waals surface area contributed by atoms with E-state index < -0.39 is 17.8 Å². The van der Waals surface area contributed by atoms with Gasteiger partial charge in [-0.15, -0.1) is 0 Å². The molecule has 2 unspecified atom stereocenters. The Bertz CT molecular complexity index is 551. The SMILES string of the molecule is O=C(O)C1CCCC1C(=O)c1ccc2c(c1)OCCO2. The molecule has 0 amide bonds. The number of benzene rings is 1. The van der Waals surface area contributed by atoms with Gasteiger partial charge in [-0.05, 0) is 31.0 Å². The van der Waals surface area contributed by atoms with Crippen LogP contribution in [0.4, 0.5) is 0 Å². The Balaban J connectivity index is 1.85. The third kappa shape index (κ3) is 2.24. The molecule has 1 aromatic carbocycles. The normalized spacial score (nSPS) is 24.4. The average Bonchev–Trinajstić information content (AvgIpc) is 2.95. The summed E-state index contributed by atoms with van der Waals surface area (Å²) < 4.78 is 10.9. The zero-order valence-electron chi connectivity index (χ0n) is 11.0. The Morgan fingerprint density at radius 1 is 1.05 bits per heavy atom. The van der Waals surface area contributed by atoms with E-state index in [9.17, 15) is 14.7 Å². The van der Waals surface area contributed by atoms with Gasteiger partial charge in [-0.25, -0.2) is 0 Å². The van der Waals surface area contributed by atoms with Gasteiger partial charge in [-0.1, -0.05) is 6.42 Å². The lowest BCUT2D eigenvalue weighted by Gasteiger charge is -2.20. The quantitative estimate of drug-likeness (QED) is 0.856. The van der Waals surface area contributed by atoms with Gasteiger partial charge in [0.15, 0.2) is 17.3 Å². The highest BCUT2D eigenvalue weighted by Crippen LogP contribution is 2.37. The van der Waals surface area contributed by atoms with E-state index in [0.29, 0.717) is 43.1 Å². The molecule has 1 aromatic rings. The highest BCUT2D eigenvalue weighted by Gasteiger charge is 2.38. The number of carbonyl (C=O) groups is 2. The van der Waals surface area contributed by atoms with E-state index in [2.05, 4.69) is 0 Å². The standard InChI is InChI=1S/C15H16O5/c16-14(10-2-1-3-11(10)15(17)18)9-4-5-12-13(8-9)20-7-6-19-12/h4-5,8,10-11H,1-3,6-7H2,(H,17,18). The summed E-state index contributed by atoms with van der Waals surface area (Å²) in [5.41, 5.74) is 0.507. The summed E-state index contributed by atoms with van der Waals surface area (Å²) in [4.78, 5) is 23.7. The van der Waals surface area contributed by atoms with E-state index >= 15 is 0 Å². The van der Waals surface area contributed by atoms with Crippen LogP contribution >= 0.6 is 0 Å². The van der Waals surface area contributed by atoms with Crippen molar-refractivity contribution in [1.82, 2.24) is 0 Å². The van der Waals surface area contributed by atoms with Crippen molar-refractivity contribution >= 4 is 11.8 Å². The number of carbonyl (C=O) groups excluding carboxylic acids is 1. The van der Waals surface area contributed by atoms with Crippen LogP contribution in [0.15, 0.2) is 18.2 Å². The number of fused-ring (bicyclic) bond motifs is 1. The summed E-state index contributed by atoms with van der Waals surface area (Å²) in [5, 5.41) is 9.17. The first-order chi connectivity index (χ1) is 9.66. The summed E-state index contributed by atoms with van der Waals surface area (Å²) in [7, 11) is 0. The third-order valence-electron chi connectivity index (χ3n) is 4.00. The lowest BCUT2D eigenvalue weighted by molar-refractivity contribution is -0.142. The lowest BCUT2D eigenvalue weighted by atomic mass is 9.88. The fourth-order valence-electron chi connectivity index (χ4n) is 2.98. The molecule has 2 atom stereocenters. The second-order valence-corrected chi connectivity index (χ2v) is 5.20. The molecule has 5 heteroatoms. The van der Waals surface area contributed by atoms with Crippen LogP contribution in [0.3, 0.4) is 0 Å². The van der Waals surface area contributed by atoms with Crippen LogP contribution in [0, 0.1) is 11.8 Å². The van der Waals surface area contributed by atoms with Gasteiger partial charge < -0.3 is 14.6 Å². The number of hydrogen-bond acceptors (Lipinski definition) is 4. The minimum atomic E-state index is -0.876. The van der Waals surface area contributed by atoms with Crippen molar-refractivity contribution in [2.24, 2.45) is 11.8 Å². The molecule has 1 fully saturated rings. The molecule has 0 aromatic heterocycles. The predicted molar refractivity (Wildman–Crippen MR) is 70.2 cm³/mol. The van der Waals surface area contributed by atoms with Crippen molar-refractivity contribution in [2.45, 2.75) is 19.3 Å². The molecule has 0 spiro atoms. The first-order valence-corrected chi connectivity index (χ1v) is 6.83. The molecule has 0 bridgehead atoms. The molecular weight excluding hydrogens is 260 g/mol. The van der Waals surface area contributed by atoms with Gasteiger partial charge in [-0.2, -0.15) is 0 Å². The zero-order chi connectivity index (χ0) is 14.1. The number of ether oxygens (including phenoxy) is 2. The molecule has 1 N–H and O–H groups in total. The van der Waals surface area contributed by atoms with Crippen molar-refractivity contribution in [2.75, 3.05) is 13.2 Å². The molecule has 2 aliphatic rings. The maximum absolute atomic E-state index is 12.5. The van der Waals surface area contributed by atoms with E-state index in [1.54, 1.807) is 18.2 Å². The Morgan fingerprint density at radius 3 is 2.50 bits per heavy atom. The fourth-order valence-corrected chi connectivity index (χ4v) is 2.98. The predicted octanol–water partition coefficient (Wildman–Crippen LogP) is 2.14. The maximum Gasteiger partial charge on any atom is 0.307 e. The average molecular weight is 276 g/mol.